The van der Waals surface area contributed by atoms with Crippen LogP contribution in [-0.2, 0) is 17.6 Å². The van der Waals surface area contributed by atoms with Crippen LogP contribution in [0.15, 0.2) is 18.2 Å². The minimum atomic E-state index is -0.202. The van der Waals surface area contributed by atoms with Gasteiger partial charge < -0.3 is 11.2 Å². The highest BCUT2D eigenvalue weighted by Gasteiger charge is 2.23. The number of nitrogen functional groups attached to an aromatic ring is 1. The molecule has 15 heavy (non-hydrogen) atoms. The monoisotopic (exact) mass is 205 g/mol. The Morgan fingerprint density at radius 3 is 2.93 bits per heavy atom. The summed E-state index contributed by atoms with van der Waals surface area (Å²) in [7, 11) is 0. The van der Waals surface area contributed by atoms with E-state index in [1.54, 1.807) is 0 Å². The van der Waals surface area contributed by atoms with Crippen LogP contribution >= 0.6 is 0 Å². The Hall–Kier alpha value is -1.55. The van der Waals surface area contributed by atoms with E-state index in [1.807, 2.05) is 18.2 Å². The van der Waals surface area contributed by atoms with Crippen molar-refractivity contribution in [3.05, 3.63) is 29.3 Å². The van der Waals surface area contributed by atoms with Crippen LogP contribution in [0.25, 0.3) is 0 Å². The van der Waals surface area contributed by atoms with Crippen LogP contribution in [0.1, 0.15) is 17.5 Å². The molecule has 1 unspecified atom stereocenters. The zero-order valence-corrected chi connectivity index (χ0v) is 8.49. The molecule has 0 saturated heterocycles. The topological polar surface area (TPSA) is 81.1 Å². The van der Waals surface area contributed by atoms with E-state index >= 15 is 0 Å². The van der Waals surface area contributed by atoms with Gasteiger partial charge in [0.1, 0.15) is 0 Å². The number of hydrogen-bond acceptors (Lipinski definition) is 3. The Morgan fingerprint density at radius 2 is 2.27 bits per heavy atom. The van der Waals surface area contributed by atoms with Crippen molar-refractivity contribution in [2.24, 2.45) is 17.5 Å². The molecule has 1 aliphatic rings. The predicted molar refractivity (Wildman–Crippen MR) is 59.0 cm³/mol. The molecular formula is C11H15N3O. The molecule has 0 fully saturated rings. The zero-order chi connectivity index (χ0) is 10.8. The summed E-state index contributed by atoms with van der Waals surface area (Å²) in [6, 6.07) is 5.92. The largest absolute Gasteiger partial charge is 0.369 e. The van der Waals surface area contributed by atoms with Crippen LogP contribution in [0.2, 0.25) is 0 Å². The lowest BCUT2D eigenvalue weighted by atomic mass is 9.83. The number of fused-ring (bicyclic) bond motifs is 1. The molecule has 1 aromatic carbocycles. The fraction of sp³-hybridized carbons (Fsp3) is 0.364. The first kappa shape index (κ1) is 9.98. The van der Waals surface area contributed by atoms with Crippen molar-refractivity contribution in [3.8, 4) is 0 Å². The van der Waals surface area contributed by atoms with Crippen LogP contribution in [0.4, 0.5) is 5.69 Å². The number of primary amides is 1. The maximum Gasteiger partial charge on any atom is 0.220 e. The number of nitrogens with two attached hydrogens (primary N) is 2. The lowest BCUT2D eigenvalue weighted by Gasteiger charge is -2.24. The third-order valence-corrected chi connectivity index (χ3v) is 3.04. The Labute approximate surface area is 88.6 Å². The minimum Gasteiger partial charge on any atom is -0.369 e. The van der Waals surface area contributed by atoms with Crippen molar-refractivity contribution in [1.29, 1.82) is 0 Å². The number of nitrogens with one attached hydrogen (secondary N) is 1. The van der Waals surface area contributed by atoms with E-state index in [-0.39, 0.29) is 11.8 Å². The van der Waals surface area contributed by atoms with E-state index in [9.17, 15) is 4.79 Å². The Morgan fingerprint density at radius 1 is 1.47 bits per heavy atom. The number of carbonyl (C=O) groups is 1. The summed E-state index contributed by atoms with van der Waals surface area (Å²) in [5.74, 6) is 5.20. The van der Waals surface area contributed by atoms with E-state index in [4.69, 9.17) is 11.6 Å². The van der Waals surface area contributed by atoms with Gasteiger partial charge in [0.05, 0.1) is 5.69 Å². The maximum absolute atomic E-state index is 11.1. The second kappa shape index (κ2) is 3.90. The quantitative estimate of drug-likeness (QED) is 0.487. The SMILES string of the molecule is NNc1cccc2c1CCC(C(N)=O)C2. The number of benzene rings is 1. The molecule has 0 aliphatic heterocycles. The first-order valence-electron chi connectivity index (χ1n) is 5.09. The molecule has 1 aromatic rings. The van der Waals surface area contributed by atoms with Gasteiger partial charge in [-0.15, -0.1) is 0 Å². The summed E-state index contributed by atoms with van der Waals surface area (Å²) in [6.45, 7) is 0. The number of carbonyl (C=O) groups excluding carboxylic acids is 1. The number of hydrogen-bond donors (Lipinski definition) is 3. The average molecular weight is 205 g/mol. The zero-order valence-electron chi connectivity index (χ0n) is 8.49. The molecule has 80 valence electrons. The van der Waals surface area contributed by atoms with E-state index in [2.05, 4.69) is 5.43 Å². The molecule has 1 aliphatic carbocycles. The summed E-state index contributed by atoms with van der Waals surface area (Å²) in [5, 5.41) is 0. The maximum atomic E-state index is 11.1. The Balaban J connectivity index is 2.31. The summed E-state index contributed by atoms with van der Waals surface area (Å²) in [5.41, 5.74) is 11.4. The number of hydrazine groups is 1. The molecule has 0 spiro atoms. The first-order valence-corrected chi connectivity index (χ1v) is 5.09. The Bertz CT molecular complexity index is 389. The number of rotatable bonds is 2. The highest BCUT2D eigenvalue weighted by atomic mass is 16.1. The molecule has 0 saturated carbocycles. The smallest absolute Gasteiger partial charge is 0.220 e. The van der Waals surface area contributed by atoms with Crippen LogP contribution in [0.5, 0.6) is 0 Å². The van der Waals surface area contributed by atoms with E-state index < -0.39 is 0 Å². The molecule has 1 amide bonds. The van der Waals surface area contributed by atoms with Crippen LogP contribution in [-0.4, -0.2) is 5.91 Å². The molecule has 1 atom stereocenters. The van der Waals surface area contributed by atoms with Crippen molar-refractivity contribution in [2.75, 3.05) is 5.43 Å². The normalized spacial score (nSPS) is 19.4. The second-order valence-electron chi connectivity index (χ2n) is 3.93. The van der Waals surface area contributed by atoms with Gasteiger partial charge in [0.15, 0.2) is 0 Å². The second-order valence-corrected chi connectivity index (χ2v) is 3.93. The molecule has 0 aromatic heterocycles. The highest BCUT2D eigenvalue weighted by molar-refractivity contribution is 5.77. The van der Waals surface area contributed by atoms with Crippen LogP contribution < -0.4 is 17.0 Å². The van der Waals surface area contributed by atoms with Crippen molar-refractivity contribution in [3.63, 3.8) is 0 Å². The van der Waals surface area contributed by atoms with Gasteiger partial charge in [-0.1, -0.05) is 12.1 Å². The van der Waals surface area contributed by atoms with Crippen LogP contribution in [0, 0.1) is 5.92 Å². The van der Waals surface area contributed by atoms with Gasteiger partial charge in [0, 0.05) is 5.92 Å². The molecule has 0 heterocycles. The van der Waals surface area contributed by atoms with Crippen molar-refractivity contribution in [1.82, 2.24) is 0 Å². The van der Waals surface area contributed by atoms with Gasteiger partial charge in [-0.2, -0.15) is 0 Å². The molecule has 2 rings (SSSR count). The molecule has 0 bridgehead atoms. The van der Waals surface area contributed by atoms with Gasteiger partial charge in [-0.25, -0.2) is 0 Å². The molecule has 0 radical (unpaired) electrons. The molecular weight excluding hydrogens is 190 g/mol. The molecule has 4 heteroatoms. The third-order valence-electron chi connectivity index (χ3n) is 3.04. The van der Waals surface area contributed by atoms with Gasteiger partial charge in [-0.3, -0.25) is 10.6 Å². The summed E-state index contributed by atoms with van der Waals surface area (Å²) in [6.07, 6.45) is 2.42. The Kier molecular flexibility index (Phi) is 2.60. The predicted octanol–water partition coefficient (Wildman–Crippen LogP) is 0.562. The van der Waals surface area contributed by atoms with Crippen molar-refractivity contribution >= 4 is 11.6 Å². The third kappa shape index (κ3) is 1.80. The minimum absolute atomic E-state index is 0.0227. The summed E-state index contributed by atoms with van der Waals surface area (Å²) in [4.78, 5) is 11.1. The fourth-order valence-electron chi connectivity index (χ4n) is 2.19. The van der Waals surface area contributed by atoms with E-state index in [0.29, 0.717) is 0 Å². The van der Waals surface area contributed by atoms with Gasteiger partial charge in [0.2, 0.25) is 5.91 Å². The van der Waals surface area contributed by atoms with Gasteiger partial charge >= 0.3 is 0 Å². The fourth-order valence-corrected chi connectivity index (χ4v) is 2.19. The summed E-state index contributed by atoms with van der Waals surface area (Å²) >= 11 is 0. The van der Waals surface area contributed by atoms with Crippen molar-refractivity contribution in [2.45, 2.75) is 19.3 Å². The van der Waals surface area contributed by atoms with Gasteiger partial charge in [0.25, 0.3) is 0 Å². The summed E-state index contributed by atoms with van der Waals surface area (Å²) < 4.78 is 0. The van der Waals surface area contributed by atoms with Crippen molar-refractivity contribution < 1.29 is 4.79 Å². The lowest BCUT2D eigenvalue weighted by Crippen LogP contribution is -2.29. The lowest BCUT2D eigenvalue weighted by molar-refractivity contribution is -0.122. The first-order chi connectivity index (χ1) is 7.22. The van der Waals surface area contributed by atoms with E-state index in [1.165, 1.54) is 11.1 Å². The highest BCUT2D eigenvalue weighted by Crippen LogP contribution is 2.30. The van der Waals surface area contributed by atoms with Gasteiger partial charge in [-0.05, 0) is 36.5 Å². The standard InChI is InChI=1S/C11H15N3O/c12-11(15)8-4-5-9-7(6-8)2-1-3-10(9)14-13/h1-3,8,14H,4-6,13H2,(H2,12,15). The van der Waals surface area contributed by atoms with Crippen LogP contribution in [0.3, 0.4) is 0 Å². The number of anilines is 1. The number of amides is 1. The average Bonchev–Trinajstić information content (AvgIpc) is 2.27. The molecule has 5 N–H and O–H groups in total. The van der Waals surface area contributed by atoms with E-state index in [0.717, 1.165) is 24.9 Å². The molecule has 4 nitrogen and oxygen atoms in total.